The van der Waals surface area contributed by atoms with E-state index in [0.29, 0.717) is 11.1 Å². The molecule has 0 spiro atoms. The lowest BCUT2D eigenvalue weighted by atomic mass is 10.1. The number of hydrogen-bond acceptors (Lipinski definition) is 7. The molecule has 0 unspecified atom stereocenters. The van der Waals surface area contributed by atoms with Crippen LogP contribution in [0, 0.1) is 0 Å². The minimum absolute atomic E-state index is 0.00574. The van der Waals surface area contributed by atoms with E-state index in [1.807, 2.05) is 0 Å². The Bertz CT molecular complexity index is 796. The maximum absolute atomic E-state index is 11.4. The van der Waals surface area contributed by atoms with Crippen molar-refractivity contribution in [2.45, 2.75) is 6.42 Å². The minimum atomic E-state index is -0.557. The van der Waals surface area contributed by atoms with E-state index in [1.165, 1.54) is 39.7 Å². The predicted molar refractivity (Wildman–Crippen MR) is 98.9 cm³/mol. The molecule has 7 heteroatoms. The van der Waals surface area contributed by atoms with Crippen LogP contribution in [0.3, 0.4) is 0 Å². The summed E-state index contributed by atoms with van der Waals surface area (Å²) in [6.45, 7) is 0. The lowest BCUT2D eigenvalue weighted by molar-refractivity contribution is -0.139. The molecule has 0 saturated carbocycles. The van der Waals surface area contributed by atoms with Crippen molar-refractivity contribution in [1.29, 1.82) is 0 Å². The van der Waals surface area contributed by atoms with E-state index >= 15 is 0 Å². The van der Waals surface area contributed by atoms with Crippen molar-refractivity contribution in [2.24, 2.45) is 0 Å². The fraction of sp³-hybridized carbons (Fsp3) is 0.200. The van der Waals surface area contributed by atoms with Crippen molar-refractivity contribution in [3.05, 3.63) is 65.9 Å². The van der Waals surface area contributed by atoms with Gasteiger partial charge in [-0.25, -0.2) is 4.79 Å². The molecule has 0 saturated heterocycles. The fourth-order valence-corrected chi connectivity index (χ4v) is 2.04. The zero-order valence-electron chi connectivity index (χ0n) is 15.3. The maximum atomic E-state index is 11.4. The molecule has 2 rings (SSSR count). The van der Waals surface area contributed by atoms with Gasteiger partial charge in [-0.3, -0.25) is 4.79 Å². The second-order valence-corrected chi connectivity index (χ2v) is 5.16. The average molecular weight is 374 g/mol. The largest absolute Gasteiger partial charge is 0.508 e. The number of methoxy groups -OCH3 is 3. The second-order valence-electron chi connectivity index (χ2n) is 5.16. The molecule has 0 bridgehead atoms. The van der Waals surface area contributed by atoms with Crippen molar-refractivity contribution >= 4 is 17.5 Å². The molecule has 0 aromatic heterocycles. The third kappa shape index (κ3) is 6.74. The number of phenols is 2. The first-order valence-electron chi connectivity index (χ1n) is 7.87. The first kappa shape index (κ1) is 21.6. The molecule has 0 amide bonds. The first-order chi connectivity index (χ1) is 12.9. The Morgan fingerprint density at radius 3 is 2.00 bits per heavy atom. The number of rotatable bonds is 5. The van der Waals surface area contributed by atoms with Gasteiger partial charge in [0.25, 0.3) is 0 Å². The third-order valence-electron chi connectivity index (χ3n) is 3.39. The summed E-state index contributed by atoms with van der Waals surface area (Å²) in [4.78, 5) is 22.2. The van der Waals surface area contributed by atoms with E-state index in [2.05, 4.69) is 9.47 Å². The fourth-order valence-electron chi connectivity index (χ4n) is 2.04. The van der Waals surface area contributed by atoms with Crippen LogP contribution in [0.5, 0.6) is 11.5 Å². The van der Waals surface area contributed by atoms with Crippen molar-refractivity contribution in [3.63, 3.8) is 0 Å². The van der Waals surface area contributed by atoms with Gasteiger partial charge in [-0.2, -0.15) is 0 Å². The monoisotopic (exact) mass is 374 g/mol. The molecule has 0 radical (unpaired) electrons. The molecule has 0 aliphatic heterocycles. The Morgan fingerprint density at radius 1 is 0.889 bits per heavy atom. The van der Waals surface area contributed by atoms with Gasteiger partial charge in [-0.1, -0.05) is 36.4 Å². The molecule has 0 fully saturated rings. The minimum Gasteiger partial charge on any atom is -0.508 e. The van der Waals surface area contributed by atoms with Gasteiger partial charge in [0.05, 0.1) is 34.0 Å². The lowest BCUT2D eigenvalue weighted by Crippen LogP contribution is -2.04. The van der Waals surface area contributed by atoms with Crippen molar-refractivity contribution in [3.8, 4) is 11.5 Å². The topological polar surface area (TPSA) is 102 Å². The van der Waals surface area contributed by atoms with Crippen LogP contribution in [0.1, 0.15) is 11.1 Å². The number of phenolic OH excluding ortho intramolecular Hbond substituents is 2. The van der Waals surface area contributed by atoms with Gasteiger partial charge < -0.3 is 24.4 Å². The van der Waals surface area contributed by atoms with Crippen LogP contribution in [0.4, 0.5) is 0 Å². The van der Waals surface area contributed by atoms with Gasteiger partial charge in [-0.15, -0.1) is 0 Å². The smallest absolute Gasteiger partial charge is 0.341 e. The molecule has 0 atom stereocenters. The quantitative estimate of drug-likeness (QED) is 0.471. The van der Waals surface area contributed by atoms with Crippen molar-refractivity contribution < 1.29 is 34.0 Å². The van der Waals surface area contributed by atoms with Gasteiger partial charge in [-0.05, 0) is 12.1 Å². The van der Waals surface area contributed by atoms with Gasteiger partial charge >= 0.3 is 11.9 Å². The standard InChI is InChI=1S/C11H12O4.C9H10O3/c1-14-7-9(11(13)15-2)8-5-3-4-6-10(8)12;1-12-9(11)6-7-4-2-3-5-8(7)10/h3-7,12H,1-2H3;2-5,10H,6H2,1H3/b9-7+;. The van der Waals surface area contributed by atoms with E-state index < -0.39 is 5.97 Å². The van der Waals surface area contributed by atoms with Crippen molar-refractivity contribution in [1.82, 2.24) is 0 Å². The Hall–Kier alpha value is -3.48. The molecule has 144 valence electrons. The third-order valence-corrected chi connectivity index (χ3v) is 3.39. The van der Waals surface area contributed by atoms with Gasteiger partial charge in [0.15, 0.2) is 0 Å². The first-order valence-corrected chi connectivity index (χ1v) is 7.87. The zero-order chi connectivity index (χ0) is 20.2. The van der Waals surface area contributed by atoms with E-state index in [0.717, 1.165) is 0 Å². The highest BCUT2D eigenvalue weighted by molar-refractivity contribution is 6.16. The summed E-state index contributed by atoms with van der Waals surface area (Å²) < 4.78 is 13.8. The summed E-state index contributed by atoms with van der Waals surface area (Å²) in [6.07, 6.45) is 1.35. The predicted octanol–water partition coefficient (Wildman–Crippen LogP) is 2.66. The second kappa shape index (κ2) is 11.2. The van der Waals surface area contributed by atoms with Gasteiger partial charge in [0.1, 0.15) is 17.1 Å². The van der Waals surface area contributed by atoms with Crippen molar-refractivity contribution in [2.75, 3.05) is 21.3 Å². The van der Waals surface area contributed by atoms with Crippen LogP contribution in [-0.2, 0) is 30.2 Å². The van der Waals surface area contributed by atoms with E-state index in [-0.39, 0.29) is 29.5 Å². The van der Waals surface area contributed by atoms with Crippen LogP contribution in [0.25, 0.3) is 5.57 Å². The maximum Gasteiger partial charge on any atom is 0.341 e. The van der Waals surface area contributed by atoms with E-state index in [4.69, 9.17) is 4.74 Å². The summed E-state index contributed by atoms with van der Waals surface area (Å²) in [5, 5.41) is 18.8. The number of para-hydroxylation sites is 2. The molecule has 27 heavy (non-hydrogen) atoms. The van der Waals surface area contributed by atoms with Crippen LogP contribution in [-0.4, -0.2) is 43.5 Å². The number of aromatic hydroxyl groups is 2. The summed E-state index contributed by atoms with van der Waals surface area (Å²) in [7, 11) is 4.01. The Labute approximate surface area is 157 Å². The highest BCUT2D eigenvalue weighted by Crippen LogP contribution is 2.25. The lowest BCUT2D eigenvalue weighted by Gasteiger charge is -2.06. The molecule has 2 N–H and O–H groups in total. The zero-order valence-corrected chi connectivity index (χ0v) is 15.3. The molecule has 0 aliphatic carbocycles. The summed E-state index contributed by atoms with van der Waals surface area (Å²) in [6, 6.07) is 13.2. The molecule has 7 nitrogen and oxygen atoms in total. The number of benzene rings is 2. The molecule has 2 aromatic carbocycles. The highest BCUT2D eigenvalue weighted by atomic mass is 16.5. The molecule has 2 aromatic rings. The Morgan fingerprint density at radius 2 is 1.48 bits per heavy atom. The number of carbonyl (C=O) groups excluding carboxylic acids is 2. The highest BCUT2D eigenvalue weighted by Gasteiger charge is 2.15. The molecule has 0 aliphatic rings. The normalized spacial score (nSPS) is 10.3. The van der Waals surface area contributed by atoms with Crippen LogP contribution >= 0.6 is 0 Å². The van der Waals surface area contributed by atoms with E-state index in [1.54, 1.807) is 36.4 Å². The SMILES string of the molecule is CO/C=C(/C(=O)OC)c1ccccc1O.COC(=O)Cc1ccccc1O. The van der Waals surface area contributed by atoms with Crippen LogP contribution < -0.4 is 0 Å². The summed E-state index contributed by atoms with van der Waals surface area (Å²) in [5.74, 6) is -0.774. The summed E-state index contributed by atoms with van der Waals surface area (Å²) >= 11 is 0. The number of carbonyl (C=O) groups is 2. The van der Waals surface area contributed by atoms with Gasteiger partial charge in [0.2, 0.25) is 0 Å². The number of hydrogen-bond donors (Lipinski definition) is 2. The number of ether oxygens (including phenoxy) is 3. The number of esters is 2. The van der Waals surface area contributed by atoms with Crippen LogP contribution in [0.15, 0.2) is 54.8 Å². The Balaban J connectivity index is 0.000000277. The molecular formula is C20H22O7. The Kier molecular flexibility index (Phi) is 8.94. The molecule has 0 heterocycles. The average Bonchev–Trinajstić information content (AvgIpc) is 2.68. The van der Waals surface area contributed by atoms with Gasteiger partial charge in [0, 0.05) is 11.1 Å². The molecular weight excluding hydrogens is 352 g/mol. The summed E-state index contributed by atoms with van der Waals surface area (Å²) in [5.41, 5.74) is 1.15. The van der Waals surface area contributed by atoms with E-state index in [9.17, 15) is 19.8 Å². The van der Waals surface area contributed by atoms with Crippen LogP contribution in [0.2, 0.25) is 0 Å².